The Bertz CT molecular complexity index is 1110. The van der Waals surface area contributed by atoms with Crippen molar-refractivity contribution in [2.45, 2.75) is 37.7 Å². The zero-order chi connectivity index (χ0) is 22.0. The molecule has 0 aliphatic carbocycles. The number of benzene rings is 2. The van der Waals surface area contributed by atoms with Gasteiger partial charge in [0, 0.05) is 28.8 Å². The summed E-state index contributed by atoms with van der Waals surface area (Å²) in [6, 6.07) is 14.4. The van der Waals surface area contributed by atoms with Crippen molar-refractivity contribution in [3.05, 3.63) is 70.9 Å². The highest BCUT2D eigenvalue weighted by molar-refractivity contribution is 7.99. The van der Waals surface area contributed by atoms with E-state index in [0.29, 0.717) is 12.5 Å². The van der Waals surface area contributed by atoms with Crippen molar-refractivity contribution in [2.75, 3.05) is 12.9 Å². The zero-order valence-corrected chi connectivity index (χ0v) is 18.7. The molecule has 1 aromatic heterocycles. The van der Waals surface area contributed by atoms with Crippen LogP contribution in [-0.4, -0.2) is 28.9 Å². The summed E-state index contributed by atoms with van der Waals surface area (Å²) in [5, 5.41) is 9.07. The smallest absolute Gasteiger partial charge is 0.303 e. The van der Waals surface area contributed by atoms with Crippen molar-refractivity contribution in [2.24, 2.45) is 0 Å². The van der Waals surface area contributed by atoms with Crippen LogP contribution >= 0.6 is 11.8 Å². The Kier molecular flexibility index (Phi) is 6.18. The maximum absolute atomic E-state index is 11.0. The van der Waals surface area contributed by atoms with Gasteiger partial charge in [-0.05, 0) is 65.4 Å². The minimum atomic E-state index is -0.777. The second-order valence-electron chi connectivity index (χ2n) is 7.79. The number of fused-ring (bicyclic) bond motifs is 1. The minimum absolute atomic E-state index is 0.0201. The molecule has 0 radical (unpaired) electrons. The van der Waals surface area contributed by atoms with Gasteiger partial charge in [0.2, 0.25) is 5.88 Å². The average Bonchev–Trinajstić information content (AvgIpc) is 3.13. The second kappa shape index (κ2) is 9.02. The molecule has 5 nitrogen and oxygen atoms in total. The van der Waals surface area contributed by atoms with Gasteiger partial charge in [0.1, 0.15) is 12.4 Å². The van der Waals surface area contributed by atoms with E-state index in [9.17, 15) is 4.79 Å². The first-order valence-corrected chi connectivity index (χ1v) is 11.1. The molecular weight excluding hydrogens is 410 g/mol. The molecular formula is C25H25NO4S. The largest absolute Gasteiger partial charge is 0.497 e. The van der Waals surface area contributed by atoms with Crippen LogP contribution in [0.3, 0.4) is 0 Å². The fourth-order valence-electron chi connectivity index (χ4n) is 4.07. The van der Waals surface area contributed by atoms with E-state index in [1.165, 1.54) is 16.7 Å². The van der Waals surface area contributed by atoms with Crippen LogP contribution in [0.2, 0.25) is 0 Å². The quantitative estimate of drug-likeness (QED) is 0.520. The second-order valence-corrected chi connectivity index (χ2v) is 8.85. The van der Waals surface area contributed by atoms with E-state index in [0.717, 1.165) is 33.1 Å². The van der Waals surface area contributed by atoms with Gasteiger partial charge in [-0.3, -0.25) is 4.79 Å². The topological polar surface area (TPSA) is 68.7 Å². The number of rotatable bonds is 7. The lowest BCUT2D eigenvalue weighted by Gasteiger charge is -2.14. The monoisotopic (exact) mass is 435 g/mol. The molecule has 1 aliphatic rings. The highest BCUT2D eigenvalue weighted by Gasteiger charge is 2.26. The van der Waals surface area contributed by atoms with Crippen molar-refractivity contribution in [3.63, 3.8) is 0 Å². The lowest BCUT2D eigenvalue weighted by Crippen LogP contribution is -2.06. The predicted octanol–water partition coefficient (Wildman–Crippen LogP) is 5.62. The number of thioether (sulfide) groups is 1. The Morgan fingerprint density at radius 3 is 2.68 bits per heavy atom. The summed E-state index contributed by atoms with van der Waals surface area (Å²) >= 11 is 1.67. The SMILES string of the molecule is COc1cc(C)c(-c2cccc(COc3cc4c(cn3)[C@H](CC(=O)O)CS4)c2)c(C)c1. The predicted molar refractivity (Wildman–Crippen MR) is 122 cm³/mol. The summed E-state index contributed by atoms with van der Waals surface area (Å²) in [6.07, 6.45) is 1.90. The Morgan fingerprint density at radius 1 is 1.19 bits per heavy atom. The van der Waals surface area contributed by atoms with E-state index in [1.807, 2.05) is 18.2 Å². The van der Waals surface area contributed by atoms with Gasteiger partial charge < -0.3 is 14.6 Å². The number of carboxylic acids is 1. The molecule has 4 rings (SSSR count). The highest BCUT2D eigenvalue weighted by atomic mass is 32.2. The number of aromatic nitrogens is 1. The Hall–Kier alpha value is -2.99. The van der Waals surface area contributed by atoms with E-state index in [-0.39, 0.29) is 12.3 Å². The number of carbonyl (C=O) groups is 1. The molecule has 0 spiro atoms. The highest BCUT2D eigenvalue weighted by Crippen LogP contribution is 2.42. The van der Waals surface area contributed by atoms with Gasteiger partial charge in [-0.25, -0.2) is 4.98 Å². The van der Waals surface area contributed by atoms with Crippen LogP contribution < -0.4 is 9.47 Å². The van der Waals surface area contributed by atoms with Crippen LogP contribution in [0.25, 0.3) is 11.1 Å². The third-order valence-electron chi connectivity index (χ3n) is 5.52. The van der Waals surface area contributed by atoms with Crippen molar-refractivity contribution in [3.8, 4) is 22.8 Å². The molecule has 2 aromatic carbocycles. The Morgan fingerprint density at radius 2 is 1.97 bits per heavy atom. The number of hydrogen-bond acceptors (Lipinski definition) is 5. The number of aryl methyl sites for hydroxylation is 2. The van der Waals surface area contributed by atoms with E-state index >= 15 is 0 Å². The summed E-state index contributed by atoms with van der Waals surface area (Å²) < 4.78 is 11.3. The molecule has 0 saturated heterocycles. The number of ether oxygens (including phenoxy) is 2. The van der Waals surface area contributed by atoms with Crippen molar-refractivity contribution in [1.29, 1.82) is 0 Å². The average molecular weight is 436 g/mol. The van der Waals surface area contributed by atoms with Crippen LogP contribution in [0.15, 0.2) is 53.6 Å². The van der Waals surface area contributed by atoms with E-state index < -0.39 is 5.97 Å². The third kappa shape index (κ3) is 4.69. The summed E-state index contributed by atoms with van der Waals surface area (Å²) in [4.78, 5) is 16.5. The van der Waals surface area contributed by atoms with E-state index in [4.69, 9.17) is 14.6 Å². The van der Waals surface area contributed by atoms with Gasteiger partial charge in [-0.1, -0.05) is 18.2 Å². The van der Waals surface area contributed by atoms with Gasteiger partial charge in [-0.2, -0.15) is 0 Å². The van der Waals surface area contributed by atoms with Crippen LogP contribution in [0.1, 0.15) is 34.6 Å². The molecule has 0 bridgehead atoms. The molecule has 2 heterocycles. The molecule has 0 unspecified atom stereocenters. The molecule has 1 N–H and O–H groups in total. The van der Waals surface area contributed by atoms with E-state index in [2.05, 4.69) is 43.1 Å². The molecule has 0 amide bonds. The molecule has 1 atom stereocenters. The summed E-state index contributed by atoms with van der Waals surface area (Å²) in [5.41, 5.74) is 6.76. The van der Waals surface area contributed by atoms with Gasteiger partial charge in [0.15, 0.2) is 0 Å². The van der Waals surface area contributed by atoms with Gasteiger partial charge in [0.25, 0.3) is 0 Å². The van der Waals surface area contributed by atoms with Crippen LogP contribution in [0, 0.1) is 13.8 Å². The summed E-state index contributed by atoms with van der Waals surface area (Å²) in [5.74, 6) is 1.44. The normalized spacial score (nSPS) is 14.9. The standard InChI is InChI=1S/C25H25NO4S/c1-15-7-20(29-3)8-16(2)25(15)18-6-4-5-17(9-18)13-30-23-11-22-21(12-26-23)19(14-31-22)10-24(27)28/h4-9,11-12,19H,10,13-14H2,1-3H3,(H,27,28)/t19-/m1/s1. The van der Waals surface area contributed by atoms with E-state index in [1.54, 1.807) is 25.1 Å². The lowest BCUT2D eigenvalue weighted by atomic mass is 9.94. The molecule has 31 heavy (non-hydrogen) atoms. The molecule has 0 saturated carbocycles. The fraction of sp³-hybridized carbons (Fsp3) is 0.280. The number of hydrogen-bond donors (Lipinski definition) is 1. The summed E-state index contributed by atoms with van der Waals surface area (Å²) in [6.45, 7) is 4.60. The number of aliphatic carboxylic acids is 1. The third-order valence-corrected chi connectivity index (χ3v) is 6.75. The fourth-order valence-corrected chi connectivity index (χ4v) is 5.32. The van der Waals surface area contributed by atoms with Gasteiger partial charge in [0.05, 0.1) is 13.5 Å². The van der Waals surface area contributed by atoms with Crippen molar-refractivity contribution < 1.29 is 19.4 Å². The first-order chi connectivity index (χ1) is 14.9. The molecule has 1 aliphatic heterocycles. The van der Waals surface area contributed by atoms with Gasteiger partial charge >= 0.3 is 5.97 Å². The molecule has 160 valence electrons. The van der Waals surface area contributed by atoms with Crippen LogP contribution in [-0.2, 0) is 11.4 Å². The van der Waals surface area contributed by atoms with Crippen LogP contribution in [0.4, 0.5) is 0 Å². The van der Waals surface area contributed by atoms with Crippen molar-refractivity contribution >= 4 is 17.7 Å². The number of nitrogens with zero attached hydrogens (tertiary/aromatic N) is 1. The first kappa shape index (κ1) is 21.2. The Labute approximate surface area is 186 Å². The number of carboxylic acid groups (broad SMARTS) is 1. The number of pyridine rings is 1. The van der Waals surface area contributed by atoms with Gasteiger partial charge in [-0.15, -0.1) is 11.8 Å². The number of methoxy groups -OCH3 is 1. The Balaban J connectivity index is 1.49. The van der Waals surface area contributed by atoms with Crippen molar-refractivity contribution in [1.82, 2.24) is 4.98 Å². The van der Waals surface area contributed by atoms with Crippen LogP contribution in [0.5, 0.6) is 11.6 Å². The lowest BCUT2D eigenvalue weighted by molar-refractivity contribution is -0.137. The minimum Gasteiger partial charge on any atom is -0.497 e. The first-order valence-electron chi connectivity index (χ1n) is 10.2. The summed E-state index contributed by atoms with van der Waals surface area (Å²) in [7, 11) is 1.68. The maximum atomic E-state index is 11.0. The molecule has 6 heteroatoms. The molecule has 3 aromatic rings. The zero-order valence-electron chi connectivity index (χ0n) is 17.8. The maximum Gasteiger partial charge on any atom is 0.303 e. The molecule has 0 fully saturated rings.